The van der Waals surface area contributed by atoms with Crippen molar-refractivity contribution in [1.82, 2.24) is 10.2 Å². The molecule has 3 rings (SSSR count). The molecule has 1 spiro atoms. The summed E-state index contributed by atoms with van der Waals surface area (Å²) in [7, 11) is 0. The summed E-state index contributed by atoms with van der Waals surface area (Å²) >= 11 is 0. The van der Waals surface area contributed by atoms with E-state index in [1.165, 1.54) is 36.8 Å². The molecule has 3 heteroatoms. The quantitative estimate of drug-likeness (QED) is 0.846. The number of nitrogens with zero attached hydrogens (tertiary/aromatic N) is 1. The van der Waals surface area contributed by atoms with Crippen LogP contribution in [0.3, 0.4) is 0 Å². The van der Waals surface area contributed by atoms with E-state index in [0.717, 1.165) is 32.4 Å². The van der Waals surface area contributed by atoms with E-state index >= 15 is 0 Å². The first-order valence-corrected chi connectivity index (χ1v) is 8.86. The number of nitrogens with one attached hydrogen (secondary N) is 1. The maximum atomic E-state index is 12.9. The normalized spacial score (nSPS) is 25.0. The van der Waals surface area contributed by atoms with Crippen molar-refractivity contribution in [3.63, 3.8) is 0 Å². The fourth-order valence-electron chi connectivity index (χ4n) is 4.08. The van der Waals surface area contributed by atoms with Gasteiger partial charge in [-0.2, -0.15) is 0 Å². The van der Waals surface area contributed by atoms with Crippen LogP contribution in [0.1, 0.15) is 56.6 Å². The summed E-state index contributed by atoms with van der Waals surface area (Å²) in [5.74, 6) is 0.247. The number of benzene rings is 1. The molecular formula is C19H28N2O. The Morgan fingerprint density at radius 3 is 2.82 bits per heavy atom. The van der Waals surface area contributed by atoms with Crippen LogP contribution in [0.15, 0.2) is 24.3 Å². The fourth-order valence-corrected chi connectivity index (χ4v) is 4.08. The maximum Gasteiger partial charge on any atom is 0.241 e. The Labute approximate surface area is 134 Å². The first kappa shape index (κ1) is 15.5. The second-order valence-electron chi connectivity index (χ2n) is 6.81. The van der Waals surface area contributed by atoms with Crippen molar-refractivity contribution in [2.24, 2.45) is 0 Å². The largest absolute Gasteiger partial charge is 0.350 e. The molecule has 1 fully saturated rings. The first-order valence-electron chi connectivity index (χ1n) is 8.86. The van der Waals surface area contributed by atoms with E-state index in [1.54, 1.807) is 0 Å². The Kier molecular flexibility index (Phi) is 4.82. The van der Waals surface area contributed by atoms with Crippen LogP contribution in [0, 0.1) is 0 Å². The van der Waals surface area contributed by atoms with Gasteiger partial charge in [0.05, 0.1) is 0 Å². The van der Waals surface area contributed by atoms with Crippen molar-refractivity contribution in [1.29, 1.82) is 0 Å². The lowest BCUT2D eigenvalue weighted by Crippen LogP contribution is -2.55. The van der Waals surface area contributed by atoms with Gasteiger partial charge in [-0.15, -0.1) is 0 Å². The minimum Gasteiger partial charge on any atom is -0.350 e. The SMILES string of the molecule is CCCCCCN1CCCC12Cc1ccccc1CNC2=O. The van der Waals surface area contributed by atoms with Gasteiger partial charge in [0.1, 0.15) is 5.54 Å². The van der Waals surface area contributed by atoms with Gasteiger partial charge >= 0.3 is 0 Å². The summed E-state index contributed by atoms with van der Waals surface area (Å²) in [6, 6.07) is 8.52. The highest BCUT2D eigenvalue weighted by molar-refractivity contribution is 5.87. The zero-order chi connectivity index (χ0) is 15.4. The van der Waals surface area contributed by atoms with Gasteiger partial charge in [0.15, 0.2) is 0 Å². The lowest BCUT2D eigenvalue weighted by molar-refractivity contribution is -0.131. The van der Waals surface area contributed by atoms with Gasteiger partial charge < -0.3 is 5.32 Å². The molecular weight excluding hydrogens is 272 g/mol. The Morgan fingerprint density at radius 1 is 1.18 bits per heavy atom. The molecule has 0 aliphatic carbocycles. The van der Waals surface area contributed by atoms with E-state index in [2.05, 4.69) is 41.4 Å². The van der Waals surface area contributed by atoms with Gasteiger partial charge in [0, 0.05) is 13.0 Å². The summed E-state index contributed by atoms with van der Waals surface area (Å²) in [5, 5.41) is 3.18. The Balaban J connectivity index is 1.78. The Morgan fingerprint density at radius 2 is 2.00 bits per heavy atom. The van der Waals surface area contributed by atoms with E-state index < -0.39 is 0 Å². The number of fused-ring (bicyclic) bond motifs is 1. The standard InChI is InChI=1S/C19H28N2O/c1-2-3-4-7-12-21-13-8-11-19(21)14-16-9-5-6-10-17(16)15-20-18(19)22/h5-6,9-10H,2-4,7-8,11-15H2,1H3,(H,20,22). The molecule has 0 saturated carbocycles. The average Bonchev–Trinajstić information content (AvgIpc) is 2.87. The molecule has 1 N–H and O–H groups in total. The van der Waals surface area contributed by atoms with Crippen LogP contribution >= 0.6 is 0 Å². The van der Waals surface area contributed by atoms with Gasteiger partial charge in [-0.3, -0.25) is 9.69 Å². The summed E-state index contributed by atoms with van der Waals surface area (Å²) in [6.07, 6.45) is 8.08. The molecule has 0 radical (unpaired) electrons. The Hall–Kier alpha value is -1.35. The van der Waals surface area contributed by atoms with Crippen LogP contribution in [0.5, 0.6) is 0 Å². The summed E-state index contributed by atoms with van der Waals surface area (Å²) in [4.78, 5) is 15.3. The Bertz CT molecular complexity index is 528. The third-order valence-electron chi connectivity index (χ3n) is 5.37. The summed E-state index contributed by atoms with van der Waals surface area (Å²) < 4.78 is 0. The van der Waals surface area contributed by atoms with Gasteiger partial charge in [-0.25, -0.2) is 0 Å². The number of carbonyl (C=O) groups is 1. The van der Waals surface area contributed by atoms with Gasteiger partial charge in [0.25, 0.3) is 0 Å². The third-order valence-corrected chi connectivity index (χ3v) is 5.37. The molecule has 22 heavy (non-hydrogen) atoms. The molecule has 1 aromatic carbocycles. The number of unbranched alkanes of at least 4 members (excludes halogenated alkanes) is 3. The highest BCUT2D eigenvalue weighted by Gasteiger charge is 2.48. The fraction of sp³-hybridized carbons (Fsp3) is 0.632. The summed E-state index contributed by atoms with van der Waals surface area (Å²) in [6.45, 7) is 5.06. The van der Waals surface area contributed by atoms with E-state index in [0.29, 0.717) is 6.54 Å². The lowest BCUT2D eigenvalue weighted by atomic mass is 9.86. The predicted molar refractivity (Wildman–Crippen MR) is 89.7 cm³/mol. The molecule has 1 saturated heterocycles. The van der Waals surface area contributed by atoms with E-state index in [-0.39, 0.29) is 11.4 Å². The lowest BCUT2D eigenvalue weighted by Gasteiger charge is -2.36. The minimum absolute atomic E-state index is 0.247. The molecule has 1 amide bonds. The highest BCUT2D eigenvalue weighted by Crippen LogP contribution is 2.35. The molecule has 2 aliphatic heterocycles. The van der Waals surface area contributed by atoms with Gasteiger partial charge in [0.2, 0.25) is 5.91 Å². The van der Waals surface area contributed by atoms with Crippen LogP contribution in [0.2, 0.25) is 0 Å². The van der Waals surface area contributed by atoms with Crippen LogP contribution in [-0.2, 0) is 17.8 Å². The number of amides is 1. The number of rotatable bonds is 5. The van der Waals surface area contributed by atoms with Crippen LogP contribution < -0.4 is 5.32 Å². The molecule has 1 atom stereocenters. The number of hydrogen-bond acceptors (Lipinski definition) is 2. The molecule has 1 unspecified atom stereocenters. The van der Waals surface area contributed by atoms with E-state index in [1.807, 2.05) is 0 Å². The van der Waals surface area contributed by atoms with E-state index in [4.69, 9.17) is 0 Å². The molecule has 2 aliphatic rings. The molecule has 3 nitrogen and oxygen atoms in total. The molecule has 1 aromatic rings. The molecule has 120 valence electrons. The first-order chi connectivity index (χ1) is 10.8. The van der Waals surface area contributed by atoms with Gasteiger partial charge in [-0.05, 0) is 43.5 Å². The van der Waals surface area contributed by atoms with Crippen molar-refractivity contribution < 1.29 is 4.79 Å². The number of carbonyl (C=O) groups excluding carboxylic acids is 1. The number of hydrogen-bond donors (Lipinski definition) is 1. The zero-order valence-corrected chi connectivity index (χ0v) is 13.7. The zero-order valence-electron chi connectivity index (χ0n) is 13.7. The van der Waals surface area contributed by atoms with Crippen molar-refractivity contribution >= 4 is 5.91 Å². The van der Waals surface area contributed by atoms with Crippen LogP contribution in [0.25, 0.3) is 0 Å². The molecule has 0 aromatic heterocycles. The second-order valence-corrected chi connectivity index (χ2v) is 6.81. The highest BCUT2D eigenvalue weighted by atomic mass is 16.2. The van der Waals surface area contributed by atoms with E-state index in [9.17, 15) is 4.79 Å². The number of likely N-dealkylation sites (tertiary alicyclic amines) is 1. The molecule has 2 heterocycles. The van der Waals surface area contributed by atoms with Crippen LogP contribution in [-0.4, -0.2) is 29.4 Å². The second kappa shape index (κ2) is 6.82. The topological polar surface area (TPSA) is 32.3 Å². The van der Waals surface area contributed by atoms with Crippen molar-refractivity contribution in [3.05, 3.63) is 35.4 Å². The predicted octanol–water partition coefficient (Wildman–Crippen LogP) is 3.27. The van der Waals surface area contributed by atoms with Gasteiger partial charge in [-0.1, -0.05) is 50.5 Å². The third kappa shape index (κ3) is 2.91. The van der Waals surface area contributed by atoms with Crippen molar-refractivity contribution in [3.8, 4) is 0 Å². The smallest absolute Gasteiger partial charge is 0.241 e. The van der Waals surface area contributed by atoms with Crippen molar-refractivity contribution in [2.45, 2.75) is 64.0 Å². The maximum absolute atomic E-state index is 12.9. The van der Waals surface area contributed by atoms with Crippen LogP contribution in [0.4, 0.5) is 0 Å². The monoisotopic (exact) mass is 300 g/mol. The average molecular weight is 300 g/mol. The van der Waals surface area contributed by atoms with Crippen molar-refractivity contribution in [2.75, 3.05) is 13.1 Å². The summed E-state index contributed by atoms with van der Waals surface area (Å²) in [5.41, 5.74) is 2.34. The minimum atomic E-state index is -0.293. The molecule has 0 bridgehead atoms.